The standard InChI is InChI=1S/C15H19FN2O3S/c16-13-4-6-14(7-5-13)22(20,21)18-9-1-8-17(10-11-18)15(19)12-2-3-12/h4-7,12H,1-3,8-11H2. The molecule has 1 aliphatic carbocycles. The molecule has 0 N–H and O–H groups in total. The lowest BCUT2D eigenvalue weighted by Crippen LogP contribution is -2.37. The van der Waals surface area contributed by atoms with Crippen molar-refractivity contribution < 1.29 is 17.6 Å². The van der Waals surface area contributed by atoms with Gasteiger partial charge in [-0.3, -0.25) is 4.79 Å². The van der Waals surface area contributed by atoms with Crippen LogP contribution in [-0.2, 0) is 14.8 Å². The molecule has 120 valence electrons. The SMILES string of the molecule is O=C(C1CC1)N1CCCN(S(=O)(=O)c2ccc(F)cc2)CC1. The Labute approximate surface area is 129 Å². The first kappa shape index (κ1) is 15.4. The molecule has 0 radical (unpaired) electrons. The van der Waals surface area contributed by atoms with E-state index in [1.807, 2.05) is 0 Å². The van der Waals surface area contributed by atoms with E-state index < -0.39 is 15.8 Å². The second kappa shape index (κ2) is 5.96. The molecule has 2 fully saturated rings. The molecule has 0 atom stereocenters. The number of halogens is 1. The molecule has 0 aromatic heterocycles. The average molecular weight is 326 g/mol. The molecule has 22 heavy (non-hydrogen) atoms. The molecule has 5 nitrogen and oxygen atoms in total. The molecule has 0 unspecified atom stereocenters. The van der Waals surface area contributed by atoms with Crippen molar-refractivity contribution in [2.75, 3.05) is 26.2 Å². The van der Waals surface area contributed by atoms with Crippen LogP contribution in [-0.4, -0.2) is 49.7 Å². The first-order chi connectivity index (χ1) is 10.5. The quantitative estimate of drug-likeness (QED) is 0.845. The molecule has 7 heteroatoms. The van der Waals surface area contributed by atoms with E-state index in [1.54, 1.807) is 4.90 Å². The number of benzene rings is 1. The van der Waals surface area contributed by atoms with Crippen molar-refractivity contribution in [3.8, 4) is 0 Å². The van der Waals surface area contributed by atoms with E-state index in [4.69, 9.17) is 0 Å². The number of carbonyl (C=O) groups is 1. The minimum Gasteiger partial charge on any atom is -0.341 e. The van der Waals surface area contributed by atoms with Crippen molar-refractivity contribution in [3.05, 3.63) is 30.1 Å². The summed E-state index contributed by atoms with van der Waals surface area (Å²) in [6.07, 6.45) is 2.53. The Morgan fingerprint density at radius 1 is 1.05 bits per heavy atom. The summed E-state index contributed by atoms with van der Waals surface area (Å²) in [5, 5.41) is 0. The Hall–Kier alpha value is -1.47. The van der Waals surface area contributed by atoms with Gasteiger partial charge in [-0.15, -0.1) is 0 Å². The van der Waals surface area contributed by atoms with Crippen LogP contribution in [0.2, 0.25) is 0 Å². The lowest BCUT2D eigenvalue weighted by Gasteiger charge is -2.22. The molecular weight excluding hydrogens is 307 g/mol. The second-order valence-electron chi connectivity index (χ2n) is 5.81. The summed E-state index contributed by atoms with van der Waals surface area (Å²) < 4.78 is 39.5. The highest BCUT2D eigenvalue weighted by atomic mass is 32.2. The monoisotopic (exact) mass is 326 g/mol. The summed E-state index contributed by atoms with van der Waals surface area (Å²) in [4.78, 5) is 14.0. The van der Waals surface area contributed by atoms with E-state index in [9.17, 15) is 17.6 Å². The fourth-order valence-corrected chi connectivity index (χ4v) is 4.17. The summed E-state index contributed by atoms with van der Waals surface area (Å²) in [6.45, 7) is 1.70. The van der Waals surface area contributed by atoms with Crippen molar-refractivity contribution >= 4 is 15.9 Å². The number of nitrogens with zero attached hydrogens (tertiary/aromatic N) is 2. The molecule has 1 heterocycles. The number of carbonyl (C=O) groups excluding carboxylic acids is 1. The Kier molecular flexibility index (Phi) is 4.18. The largest absolute Gasteiger partial charge is 0.341 e. The predicted molar refractivity (Wildman–Crippen MR) is 79.1 cm³/mol. The van der Waals surface area contributed by atoms with E-state index in [0.717, 1.165) is 25.0 Å². The zero-order chi connectivity index (χ0) is 15.7. The van der Waals surface area contributed by atoms with Gasteiger partial charge in [0.25, 0.3) is 0 Å². The van der Waals surface area contributed by atoms with Gasteiger partial charge in [0, 0.05) is 32.1 Å². The van der Waals surface area contributed by atoms with Gasteiger partial charge in [0.2, 0.25) is 15.9 Å². The summed E-state index contributed by atoms with van der Waals surface area (Å²) in [5.74, 6) is -0.155. The van der Waals surface area contributed by atoms with Crippen LogP contribution in [0.25, 0.3) is 0 Å². The van der Waals surface area contributed by atoms with Gasteiger partial charge in [-0.1, -0.05) is 0 Å². The van der Waals surface area contributed by atoms with Crippen LogP contribution in [0, 0.1) is 11.7 Å². The van der Waals surface area contributed by atoms with Crippen LogP contribution in [0.15, 0.2) is 29.2 Å². The summed E-state index contributed by atoms with van der Waals surface area (Å²) >= 11 is 0. The third-order valence-corrected chi connectivity index (χ3v) is 6.06. The van der Waals surface area contributed by atoms with Crippen LogP contribution < -0.4 is 0 Å². The lowest BCUT2D eigenvalue weighted by molar-refractivity contribution is -0.132. The Morgan fingerprint density at radius 2 is 1.73 bits per heavy atom. The van der Waals surface area contributed by atoms with Crippen LogP contribution in [0.4, 0.5) is 4.39 Å². The van der Waals surface area contributed by atoms with E-state index in [1.165, 1.54) is 16.4 Å². The normalized spacial score (nSPS) is 20.7. The maximum Gasteiger partial charge on any atom is 0.243 e. The molecule has 0 spiro atoms. The third-order valence-electron chi connectivity index (χ3n) is 4.14. The first-order valence-electron chi connectivity index (χ1n) is 7.53. The molecule has 1 aromatic carbocycles. The Balaban J connectivity index is 1.71. The molecule has 2 aliphatic rings. The number of amides is 1. The van der Waals surface area contributed by atoms with Gasteiger partial charge in [0.1, 0.15) is 5.82 Å². The minimum absolute atomic E-state index is 0.0934. The van der Waals surface area contributed by atoms with E-state index in [0.29, 0.717) is 26.1 Å². The predicted octanol–water partition coefficient (Wildman–Crippen LogP) is 1.46. The second-order valence-corrected chi connectivity index (χ2v) is 7.75. The van der Waals surface area contributed by atoms with Gasteiger partial charge in [0.15, 0.2) is 0 Å². The van der Waals surface area contributed by atoms with Gasteiger partial charge in [-0.2, -0.15) is 4.31 Å². The van der Waals surface area contributed by atoms with Gasteiger partial charge in [-0.05, 0) is 43.5 Å². The average Bonchev–Trinajstić information content (AvgIpc) is 3.33. The van der Waals surface area contributed by atoms with Gasteiger partial charge >= 0.3 is 0 Å². The minimum atomic E-state index is -3.63. The van der Waals surface area contributed by atoms with Crippen molar-refractivity contribution in [3.63, 3.8) is 0 Å². The highest BCUT2D eigenvalue weighted by molar-refractivity contribution is 7.89. The van der Waals surface area contributed by atoms with Crippen LogP contribution in [0.1, 0.15) is 19.3 Å². The van der Waals surface area contributed by atoms with Gasteiger partial charge in [-0.25, -0.2) is 12.8 Å². The van der Waals surface area contributed by atoms with Gasteiger partial charge < -0.3 is 4.90 Å². The number of hydrogen-bond acceptors (Lipinski definition) is 3. The number of hydrogen-bond donors (Lipinski definition) is 0. The molecule has 1 aromatic rings. The molecule has 1 saturated heterocycles. The lowest BCUT2D eigenvalue weighted by atomic mass is 10.3. The number of sulfonamides is 1. The van der Waals surface area contributed by atoms with Crippen LogP contribution in [0.5, 0.6) is 0 Å². The molecule has 1 amide bonds. The molecular formula is C15H19FN2O3S. The van der Waals surface area contributed by atoms with Crippen LogP contribution >= 0.6 is 0 Å². The van der Waals surface area contributed by atoms with Gasteiger partial charge in [0.05, 0.1) is 4.90 Å². The molecule has 3 rings (SSSR count). The molecule has 0 bridgehead atoms. The topological polar surface area (TPSA) is 57.7 Å². The first-order valence-corrected chi connectivity index (χ1v) is 8.97. The smallest absolute Gasteiger partial charge is 0.243 e. The summed E-state index contributed by atoms with van der Waals surface area (Å²) in [7, 11) is -3.63. The Morgan fingerprint density at radius 3 is 2.36 bits per heavy atom. The van der Waals surface area contributed by atoms with E-state index in [-0.39, 0.29) is 23.3 Å². The van der Waals surface area contributed by atoms with Crippen molar-refractivity contribution in [2.45, 2.75) is 24.2 Å². The summed E-state index contributed by atoms with van der Waals surface area (Å²) in [5.41, 5.74) is 0. The van der Waals surface area contributed by atoms with Crippen molar-refractivity contribution in [1.29, 1.82) is 0 Å². The van der Waals surface area contributed by atoms with Crippen molar-refractivity contribution in [1.82, 2.24) is 9.21 Å². The third kappa shape index (κ3) is 3.15. The maximum atomic E-state index is 13.0. The van der Waals surface area contributed by atoms with Crippen LogP contribution in [0.3, 0.4) is 0 Å². The van der Waals surface area contributed by atoms with Crippen molar-refractivity contribution in [2.24, 2.45) is 5.92 Å². The Bertz CT molecular complexity index is 656. The highest BCUT2D eigenvalue weighted by Gasteiger charge is 2.35. The summed E-state index contributed by atoms with van der Waals surface area (Å²) in [6, 6.07) is 4.85. The molecule has 1 aliphatic heterocycles. The maximum absolute atomic E-state index is 13.0. The molecule has 1 saturated carbocycles. The highest BCUT2D eigenvalue weighted by Crippen LogP contribution is 2.31. The van der Waals surface area contributed by atoms with E-state index in [2.05, 4.69) is 0 Å². The number of rotatable bonds is 3. The zero-order valence-electron chi connectivity index (χ0n) is 12.2. The fourth-order valence-electron chi connectivity index (χ4n) is 2.70. The fraction of sp³-hybridized carbons (Fsp3) is 0.533. The van der Waals surface area contributed by atoms with E-state index >= 15 is 0 Å². The zero-order valence-corrected chi connectivity index (χ0v) is 13.1.